The molecule has 2 amide bonds. The minimum Gasteiger partial charge on any atom is -0.447 e. The molecule has 1 rings (SSSR count). The van der Waals surface area contributed by atoms with Crippen LogP contribution in [0.4, 0.5) is 4.79 Å². The van der Waals surface area contributed by atoms with Crippen molar-refractivity contribution >= 4 is 12.0 Å². The van der Waals surface area contributed by atoms with Gasteiger partial charge in [-0.3, -0.25) is 4.79 Å². The fourth-order valence-corrected chi connectivity index (χ4v) is 1.69. The van der Waals surface area contributed by atoms with E-state index in [4.69, 9.17) is 0 Å². The number of cyclic esters (lactones) is 1. The topological polar surface area (TPSA) is 66.8 Å². The van der Waals surface area contributed by atoms with Crippen molar-refractivity contribution in [2.75, 3.05) is 13.2 Å². The molecule has 1 fully saturated rings. The Labute approximate surface area is 95.4 Å². The molecular formula is C11H19NO4. The molecule has 0 aromatic rings. The highest BCUT2D eigenvalue weighted by Crippen LogP contribution is 2.17. The predicted molar refractivity (Wildman–Crippen MR) is 57.7 cm³/mol. The van der Waals surface area contributed by atoms with Crippen LogP contribution in [0.3, 0.4) is 0 Å². The number of carbonyl (C=O) groups is 2. The molecule has 0 spiro atoms. The highest BCUT2D eigenvalue weighted by molar-refractivity contribution is 5.94. The fourth-order valence-electron chi connectivity index (χ4n) is 1.69. The number of aliphatic hydroxyl groups excluding tert-OH is 1. The summed E-state index contributed by atoms with van der Waals surface area (Å²) in [6, 6.07) is 0. The third kappa shape index (κ3) is 2.95. The second-order valence-corrected chi connectivity index (χ2v) is 4.59. The van der Waals surface area contributed by atoms with Gasteiger partial charge < -0.3 is 9.84 Å². The Kier molecular flexibility index (Phi) is 4.29. The van der Waals surface area contributed by atoms with E-state index in [0.29, 0.717) is 12.3 Å². The fraction of sp³-hybridized carbons (Fsp3) is 0.818. The van der Waals surface area contributed by atoms with E-state index in [-0.39, 0.29) is 19.1 Å². The highest BCUT2D eigenvalue weighted by atomic mass is 16.6. The molecule has 0 aromatic heterocycles. The number of aliphatic hydroxyl groups is 1. The molecule has 0 radical (unpaired) electrons. The lowest BCUT2D eigenvalue weighted by atomic mass is 9.95. The van der Waals surface area contributed by atoms with E-state index in [1.165, 1.54) is 0 Å². The summed E-state index contributed by atoms with van der Waals surface area (Å²) in [6.07, 6.45) is -0.759. The zero-order valence-electron chi connectivity index (χ0n) is 9.97. The normalized spacial score (nSPS) is 19.8. The van der Waals surface area contributed by atoms with Gasteiger partial charge in [-0.15, -0.1) is 0 Å². The van der Waals surface area contributed by atoms with Gasteiger partial charge in [0.2, 0.25) is 5.91 Å². The minimum absolute atomic E-state index is 0.248. The first-order valence-electron chi connectivity index (χ1n) is 5.59. The van der Waals surface area contributed by atoms with Gasteiger partial charge in [-0.2, -0.15) is 0 Å². The van der Waals surface area contributed by atoms with Crippen LogP contribution in [0, 0.1) is 11.8 Å². The Hall–Kier alpha value is -1.10. The van der Waals surface area contributed by atoms with Crippen LogP contribution in [0.25, 0.3) is 0 Å². The lowest BCUT2D eigenvalue weighted by molar-refractivity contribution is -0.135. The summed E-state index contributed by atoms with van der Waals surface area (Å²) >= 11 is 0. The van der Waals surface area contributed by atoms with E-state index in [9.17, 15) is 14.7 Å². The Balaban J connectivity index is 2.55. The van der Waals surface area contributed by atoms with Crippen molar-refractivity contribution < 1.29 is 19.4 Å². The average molecular weight is 229 g/mol. The average Bonchev–Trinajstić information content (AvgIpc) is 2.61. The predicted octanol–water partition coefficient (Wildman–Crippen LogP) is 1.01. The quantitative estimate of drug-likeness (QED) is 0.781. The van der Waals surface area contributed by atoms with Crippen molar-refractivity contribution in [1.29, 1.82) is 0 Å². The van der Waals surface area contributed by atoms with Gasteiger partial charge in [0.1, 0.15) is 6.61 Å². The number of carbonyl (C=O) groups excluding carboxylic acids is 2. The molecule has 92 valence electrons. The van der Waals surface area contributed by atoms with Gasteiger partial charge in [0, 0.05) is 0 Å². The van der Waals surface area contributed by atoms with Crippen molar-refractivity contribution in [3.63, 3.8) is 0 Å². The Morgan fingerprint density at radius 2 is 2.12 bits per heavy atom. The molecule has 1 heterocycles. The number of hydrogen-bond acceptors (Lipinski definition) is 4. The zero-order valence-corrected chi connectivity index (χ0v) is 9.97. The van der Waals surface area contributed by atoms with E-state index in [2.05, 4.69) is 4.74 Å². The smallest absolute Gasteiger partial charge is 0.416 e. The van der Waals surface area contributed by atoms with Crippen molar-refractivity contribution in [2.24, 2.45) is 11.8 Å². The monoisotopic (exact) mass is 229 g/mol. The van der Waals surface area contributed by atoms with Crippen LogP contribution < -0.4 is 0 Å². The summed E-state index contributed by atoms with van der Waals surface area (Å²) in [5.41, 5.74) is 0. The number of amides is 2. The van der Waals surface area contributed by atoms with Gasteiger partial charge >= 0.3 is 6.09 Å². The lowest BCUT2D eigenvalue weighted by Crippen LogP contribution is -2.40. The van der Waals surface area contributed by atoms with Gasteiger partial charge in [-0.1, -0.05) is 20.8 Å². The van der Waals surface area contributed by atoms with E-state index in [1.807, 2.05) is 13.8 Å². The van der Waals surface area contributed by atoms with E-state index in [1.54, 1.807) is 6.92 Å². The summed E-state index contributed by atoms with van der Waals surface area (Å²) in [7, 11) is 0. The van der Waals surface area contributed by atoms with E-state index >= 15 is 0 Å². The number of nitrogens with zero attached hydrogens (tertiary/aromatic N) is 1. The van der Waals surface area contributed by atoms with Crippen LogP contribution in [0.2, 0.25) is 0 Å². The molecule has 0 aromatic carbocycles. The van der Waals surface area contributed by atoms with Gasteiger partial charge in [0.25, 0.3) is 0 Å². The van der Waals surface area contributed by atoms with E-state index < -0.39 is 18.1 Å². The molecule has 0 saturated carbocycles. The third-order valence-electron chi connectivity index (χ3n) is 2.71. The molecule has 1 aliphatic heterocycles. The summed E-state index contributed by atoms with van der Waals surface area (Å²) in [6.45, 7) is 6.13. The molecule has 2 unspecified atom stereocenters. The number of ether oxygens (including phenoxy) is 1. The maximum atomic E-state index is 11.8. The molecule has 0 aliphatic carbocycles. The van der Waals surface area contributed by atoms with Crippen molar-refractivity contribution in [2.45, 2.75) is 33.3 Å². The van der Waals surface area contributed by atoms with Gasteiger partial charge in [0.05, 0.1) is 18.6 Å². The second kappa shape index (κ2) is 5.30. The van der Waals surface area contributed by atoms with Gasteiger partial charge in [-0.25, -0.2) is 9.69 Å². The summed E-state index contributed by atoms with van der Waals surface area (Å²) in [4.78, 5) is 24.1. The van der Waals surface area contributed by atoms with Crippen LogP contribution in [0.1, 0.15) is 27.2 Å². The Morgan fingerprint density at radius 1 is 1.50 bits per heavy atom. The zero-order chi connectivity index (χ0) is 12.3. The summed E-state index contributed by atoms with van der Waals surface area (Å²) in [5, 5.41) is 9.81. The molecular weight excluding hydrogens is 210 g/mol. The van der Waals surface area contributed by atoms with Gasteiger partial charge in [0.15, 0.2) is 0 Å². The van der Waals surface area contributed by atoms with Crippen LogP contribution in [0.5, 0.6) is 0 Å². The first kappa shape index (κ1) is 13.0. The number of imide groups is 1. The Bertz CT molecular complexity index is 277. The highest BCUT2D eigenvalue weighted by Gasteiger charge is 2.34. The summed E-state index contributed by atoms with van der Waals surface area (Å²) in [5.74, 6) is -0.598. The largest absolute Gasteiger partial charge is 0.447 e. The Morgan fingerprint density at radius 3 is 2.56 bits per heavy atom. The van der Waals surface area contributed by atoms with Crippen LogP contribution in [0.15, 0.2) is 0 Å². The molecule has 1 aliphatic rings. The van der Waals surface area contributed by atoms with Crippen LogP contribution in [-0.4, -0.2) is 41.3 Å². The first-order valence-corrected chi connectivity index (χ1v) is 5.59. The standard InChI is InChI=1S/C11H19NO4/c1-7(2)6-9(13)8(3)10(14)12-4-5-16-11(12)15/h7-9,13H,4-6H2,1-3H3. The number of rotatable bonds is 4. The molecule has 5 heteroatoms. The number of hydrogen-bond donors (Lipinski definition) is 1. The summed E-state index contributed by atoms with van der Waals surface area (Å²) < 4.78 is 4.68. The minimum atomic E-state index is -0.708. The third-order valence-corrected chi connectivity index (χ3v) is 2.71. The van der Waals surface area contributed by atoms with Crippen LogP contribution in [-0.2, 0) is 9.53 Å². The molecule has 0 bridgehead atoms. The lowest BCUT2D eigenvalue weighted by Gasteiger charge is -2.22. The van der Waals surface area contributed by atoms with Crippen molar-refractivity contribution in [3.8, 4) is 0 Å². The van der Waals surface area contributed by atoms with Crippen molar-refractivity contribution in [1.82, 2.24) is 4.90 Å². The molecule has 16 heavy (non-hydrogen) atoms. The SMILES string of the molecule is CC(C)CC(O)C(C)C(=O)N1CCOC1=O. The maximum Gasteiger partial charge on any atom is 0.416 e. The molecule has 2 atom stereocenters. The van der Waals surface area contributed by atoms with Crippen molar-refractivity contribution in [3.05, 3.63) is 0 Å². The van der Waals surface area contributed by atoms with E-state index in [0.717, 1.165) is 4.90 Å². The molecule has 1 N–H and O–H groups in total. The molecule has 5 nitrogen and oxygen atoms in total. The van der Waals surface area contributed by atoms with Gasteiger partial charge in [-0.05, 0) is 12.3 Å². The maximum absolute atomic E-state index is 11.8. The molecule has 1 saturated heterocycles. The first-order chi connectivity index (χ1) is 7.43. The second-order valence-electron chi connectivity index (χ2n) is 4.59. The van der Waals surface area contributed by atoms with Crippen LogP contribution >= 0.6 is 0 Å².